The van der Waals surface area contributed by atoms with Crippen molar-refractivity contribution in [3.8, 4) is 0 Å². The van der Waals surface area contributed by atoms with Gasteiger partial charge < -0.3 is 4.98 Å². The minimum absolute atomic E-state index is 0.762. The number of fused-ring (bicyclic) bond motifs is 1. The molecular formula is C10H13N. The molecule has 1 N–H and O–H groups in total. The number of hydrogen-bond acceptors (Lipinski definition) is 0. The van der Waals surface area contributed by atoms with Gasteiger partial charge in [-0.25, -0.2) is 0 Å². The van der Waals surface area contributed by atoms with Crippen LogP contribution < -0.4 is 10.6 Å². The molecule has 1 aliphatic carbocycles. The molecule has 0 aliphatic heterocycles. The molecule has 1 nitrogen and oxygen atoms in total. The third-order valence-corrected chi connectivity index (χ3v) is 2.38. The molecule has 0 saturated carbocycles. The zero-order valence-electron chi connectivity index (χ0n) is 6.80. The number of H-pyrrole nitrogens is 1. The molecule has 0 unspecified atom stereocenters. The number of nitrogens with one attached hydrogen (secondary N) is 1. The average molecular weight is 147 g/mol. The highest BCUT2D eigenvalue weighted by molar-refractivity contribution is 5.38. The van der Waals surface area contributed by atoms with Crippen LogP contribution in [0.5, 0.6) is 0 Å². The minimum atomic E-state index is 0.762. The predicted octanol–water partition coefficient (Wildman–Crippen LogP) is 1.01. The third kappa shape index (κ3) is 1.11. The van der Waals surface area contributed by atoms with Crippen molar-refractivity contribution in [3.05, 3.63) is 22.8 Å². The van der Waals surface area contributed by atoms with E-state index in [0.29, 0.717) is 0 Å². The summed E-state index contributed by atoms with van der Waals surface area (Å²) >= 11 is 0. The van der Waals surface area contributed by atoms with E-state index in [1.165, 1.54) is 23.4 Å². The predicted molar refractivity (Wildman–Crippen MR) is 47.4 cm³/mol. The molecule has 1 heteroatoms. The Kier molecular flexibility index (Phi) is 1.57. The van der Waals surface area contributed by atoms with Crippen molar-refractivity contribution in [2.24, 2.45) is 5.92 Å². The van der Waals surface area contributed by atoms with E-state index < -0.39 is 0 Å². The van der Waals surface area contributed by atoms with Crippen LogP contribution in [-0.2, 0) is 0 Å². The van der Waals surface area contributed by atoms with Crippen molar-refractivity contribution >= 4 is 12.2 Å². The first-order valence-corrected chi connectivity index (χ1v) is 4.25. The standard InChI is InChI=1S/C10H13N/c1-2-8-3-4-10-9(7-8)5-6-11-10/h4-8,11H,2-3H2,1H3/t8-/m0/s1. The fraction of sp³-hybridized carbons (Fsp3) is 0.400. The van der Waals surface area contributed by atoms with Gasteiger partial charge in [0.2, 0.25) is 0 Å². The molecule has 0 bridgehead atoms. The van der Waals surface area contributed by atoms with Crippen molar-refractivity contribution < 1.29 is 0 Å². The van der Waals surface area contributed by atoms with E-state index in [9.17, 15) is 0 Å². The summed E-state index contributed by atoms with van der Waals surface area (Å²) in [5.41, 5.74) is 0. The van der Waals surface area contributed by atoms with Gasteiger partial charge in [-0.2, -0.15) is 0 Å². The summed E-state index contributed by atoms with van der Waals surface area (Å²) in [6.45, 7) is 2.24. The number of rotatable bonds is 1. The van der Waals surface area contributed by atoms with Gasteiger partial charge in [0.1, 0.15) is 0 Å². The topological polar surface area (TPSA) is 15.8 Å². The second kappa shape index (κ2) is 2.57. The smallest absolute Gasteiger partial charge is 0.0410 e. The van der Waals surface area contributed by atoms with Crippen LogP contribution in [0.15, 0.2) is 12.3 Å². The van der Waals surface area contributed by atoms with Crippen molar-refractivity contribution in [3.63, 3.8) is 0 Å². The minimum Gasteiger partial charge on any atom is -0.361 e. The van der Waals surface area contributed by atoms with E-state index in [-0.39, 0.29) is 0 Å². The van der Waals surface area contributed by atoms with E-state index in [4.69, 9.17) is 0 Å². The Morgan fingerprint density at radius 1 is 1.64 bits per heavy atom. The highest BCUT2D eigenvalue weighted by Crippen LogP contribution is 2.11. The van der Waals surface area contributed by atoms with Crippen molar-refractivity contribution in [2.75, 3.05) is 0 Å². The molecule has 0 aromatic carbocycles. The van der Waals surface area contributed by atoms with Gasteiger partial charge in [-0.3, -0.25) is 0 Å². The quantitative estimate of drug-likeness (QED) is 0.610. The Hall–Kier alpha value is -0.980. The summed E-state index contributed by atoms with van der Waals surface area (Å²) < 4.78 is 0. The summed E-state index contributed by atoms with van der Waals surface area (Å²) in [6.07, 6.45) is 9.12. The second-order valence-electron chi connectivity index (χ2n) is 3.12. The van der Waals surface area contributed by atoms with Crippen LogP contribution in [0.3, 0.4) is 0 Å². The van der Waals surface area contributed by atoms with Gasteiger partial charge in [-0.05, 0) is 30.0 Å². The number of aromatic nitrogens is 1. The van der Waals surface area contributed by atoms with Gasteiger partial charge in [0.15, 0.2) is 0 Å². The van der Waals surface area contributed by atoms with Crippen LogP contribution in [0, 0.1) is 5.92 Å². The van der Waals surface area contributed by atoms with Gasteiger partial charge in [-0.1, -0.05) is 19.1 Å². The lowest BCUT2D eigenvalue weighted by Crippen LogP contribution is -2.26. The van der Waals surface area contributed by atoms with E-state index >= 15 is 0 Å². The van der Waals surface area contributed by atoms with E-state index in [0.717, 1.165) is 5.92 Å². The molecule has 2 rings (SSSR count). The Labute approximate surface area is 66.4 Å². The van der Waals surface area contributed by atoms with Gasteiger partial charge in [0.25, 0.3) is 0 Å². The van der Waals surface area contributed by atoms with Crippen molar-refractivity contribution in [1.82, 2.24) is 4.98 Å². The second-order valence-corrected chi connectivity index (χ2v) is 3.12. The Bertz CT molecular complexity index is 345. The maximum absolute atomic E-state index is 3.22. The zero-order valence-corrected chi connectivity index (χ0v) is 6.80. The van der Waals surface area contributed by atoms with Crippen LogP contribution in [0.1, 0.15) is 19.8 Å². The summed E-state index contributed by atoms with van der Waals surface area (Å²) in [6, 6.07) is 2.15. The molecule has 0 spiro atoms. The number of aromatic amines is 1. The Morgan fingerprint density at radius 2 is 2.55 bits per heavy atom. The van der Waals surface area contributed by atoms with Crippen LogP contribution >= 0.6 is 0 Å². The molecule has 11 heavy (non-hydrogen) atoms. The molecule has 0 radical (unpaired) electrons. The monoisotopic (exact) mass is 147 g/mol. The molecular weight excluding hydrogens is 134 g/mol. The molecule has 1 atom stereocenters. The van der Waals surface area contributed by atoms with Crippen LogP contribution in [-0.4, -0.2) is 4.98 Å². The molecule has 0 amide bonds. The van der Waals surface area contributed by atoms with Gasteiger partial charge in [0.05, 0.1) is 0 Å². The molecule has 58 valence electrons. The van der Waals surface area contributed by atoms with E-state index in [2.05, 4.69) is 30.1 Å². The first-order valence-electron chi connectivity index (χ1n) is 4.25. The number of hydrogen-bond donors (Lipinski definition) is 1. The Morgan fingerprint density at radius 3 is 3.36 bits per heavy atom. The van der Waals surface area contributed by atoms with Gasteiger partial charge in [-0.15, -0.1) is 0 Å². The molecule has 0 saturated heterocycles. The van der Waals surface area contributed by atoms with E-state index in [1.54, 1.807) is 0 Å². The molecule has 0 fully saturated rings. The van der Waals surface area contributed by atoms with Crippen LogP contribution in [0.25, 0.3) is 12.2 Å². The lowest BCUT2D eigenvalue weighted by molar-refractivity contribution is 0.681. The Balaban J connectivity index is 2.53. The van der Waals surface area contributed by atoms with E-state index in [1.807, 2.05) is 6.20 Å². The summed E-state index contributed by atoms with van der Waals surface area (Å²) in [4.78, 5) is 3.22. The van der Waals surface area contributed by atoms with Gasteiger partial charge in [0, 0.05) is 11.5 Å². The highest BCUT2D eigenvalue weighted by atomic mass is 14.6. The normalized spacial score (nSPS) is 21.7. The molecule has 1 aromatic rings. The largest absolute Gasteiger partial charge is 0.361 e. The fourth-order valence-corrected chi connectivity index (χ4v) is 1.59. The average Bonchev–Trinajstić information content (AvgIpc) is 2.50. The lowest BCUT2D eigenvalue weighted by Gasteiger charge is -2.08. The summed E-state index contributed by atoms with van der Waals surface area (Å²) in [5, 5.41) is 2.68. The fourth-order valence-electron chi connectivity index (χ4n) is 1.59. The first-order chi connectivity index (χ1) is 5.40. The van der Waals surface area contributed by atoms with Crippen LogP contribution in [0.2, 0.25) is 0 Å². The maximum Gasteiger partial charge on any atom is 0.0410 e. The lowest BCUT2D eigenvalue weighted by atomic mass is 9.98. The summed E-state index contributed by atoms with van der Waals surface area (Å²) in [5.74, 6) is 0.762. The van der Waals surface area contributed by atoms with Gasteiger partial charge >= 0.3 is 0 Å². The zero-order chi connectivity index (χ0) is 7.68. The van der Waals surface area contributed by atoms with Crippen LogP contribution in [0.4, 0.5) is 0 Å². The van der Waals surface area contributed by atoms with Crippen molar-refractivity contribution in [1.29, 1.82) is 0 Å². The third-order valence-electron chi connectivity index (χ3n) is 2.38. The SMILES string of the molecule is CC[C@@H]1C=c2cc[nH]c2=CC1. The first kappa shape index (κ1) is 6.71. The molecule has 1 aromatic heterocycles. The highest BCUT2D eigenvalue weighted by Gasteiger charge is 2.03. The molecule has 1 aliphatic rings. The molecule has 1 heterocycles. The van der Waals surface area contributed by atoms with Crippen molar-refractivity contribution in [2.45, 2.75) is 19.8 Å². The summed E-state index contributed by atoms with van der Waals surface area (Å²) in [7, 11) is 0. The maximum atomic E-state index is 3.22.